The Morgan fingerprint density at radius 1 is 1.00 bits per heavy atom. The van der Waals surface area contributed by atoms with Gasteiger partial charge >= 0.3 is 6.18 Å². The van der Waals surface area contributed by atoms with Gasteiger partial charge in [-0.1, -0.05) is 23.2 Å². The van der Waals surface area contributed by atoms with Gasteiger partial charge < -0.3 is 0 Å². The Kier molecular flexibility index (Phi) is 5.44. The summed E-state index contributed by atoms with van der Waals surface area (Å²) in [5, 5.41) is 0.129. The van der Waals surface area contributed by atoms with E-state index in [1.165, 1.54) is 12.1 Å². The van der Waals surface area contributed by atoms with Crippen molar-refractivity contribution in [3.05, 3.63) is 63.4 Å². The first kappa shape index (κ1) is 19.0. The fourth-order valence-electron chi connectivity index (χ4n) is 1.79. The van der Waals surface area contributed by atoms with E-state index in [1.54, 1.807) is 0 Å². The van der Waals surface area contributed by atoms with Crippen molar-refractivity contribution in [2.45, 2.75) is 17.6 Å². The van der Waals surface area contributed by atoms with E-state index in [0.717, 1.165) is 6.07 Å². The lowest BCUT2D eigenvalue weighted by atomic mass is 10.1. The highest BCUT2D eigenvalue weighted by Gasteiger charge is 2.31. The highest BCUT2D eigenvalue weighted by molar-refractivity contribution is 7.89. The normalized spacial score (nSPS) is 12.4. The molecule has 2 aromatic carbocycles. The van der Waals surface area contributed by atoms with E-state index < -0.39 is 39.7 Å². The number of hydrogen-bond donors (Lipinski definition) is 1. The zero-order valence-corrected chi connectivity index (χ0v) is 14.0. The number of nitrogens with one attached hydrogen (secondary N) is 1. The Labute approximate surface area is 145 Å². The average molecular weight is 402 g/mol. The molecule has 0 bridgehead atoms. The average Bonchev–Trinajstić information content (AvgIpc) is 2.48. The Morgan fingerprint density at radius 2 is 1.67 bits per heavy atom. The van der Waals surface area contributed by atoms with Gasteiger partial charge in [-0.3, -0.25) is 0 Å². The van der Waals surface area contributed by atoms with Crippen LogP contribution in [0.5, 0.6) is 0 Å². The molecule has 1 N–H and O–H groups in total. The lowest BCUT2D eigenvalue weighted by Gasteiger charge is -2.11. The summed E-state index contributed by atoms with van der Waals surface area (Å²) in [6, 6.07) is 5.25. The molecule has 10 heteroatoms. The third-order valence-corrected chi connectivity index (χ3v) is 5.16. The summed E-state index contributed by atoms with van der Waals surface area (Å²) in [5.41, 5.74) is -1.51. The zero-order chi connectivity index (χ0) is 18.1. The van der Waals surface area contributed by atoms with Crippen molar-refractivity contribution >= 4 is 33.2 Å². The van der Waals surface area contributed by atoms with Gasteiger partial charge in [-0.05, 0) is 36.4 Å². The quantitative estimate of drug-likeness (QED) is 0.759. The maximum atomic E-state index is 13.6. The fraction of sp³-hybridized carbons (Fsp3) is 0.143. The molecule has 130 valence electrons. The summed E-state index contributed by atoms with van der Waals surface area (Å²) in [6.07, 6.45) is -4.66. The topological polar surface area (TPSA) is 46.2 Å². The van der Waals surface area contributed by atoms with Crippen LogP contribution in [0.1, 0.15) is 11.1 Å². The first-order chi connectivity index (χ1) is 11.0. The first-order valence-corrected chi connectivity index (χ1v) is 8.55. The van der Waals surface area contributed by atoms with E-state index in [9.17, 15) is 26.0 Å². The van der Waals surface area contributed by atoms with E-state index in [4.69, 9.17) is 23.2 Å². The molecule has 0 fully saturated rings. The fourth-order valence-corrected chi connectivity index (χ4v) is 3.18. The highest BCUT2D eigenvalue weighted by atomic mass is 35.5. The molecule has 0 amide bonds. The van der Waals surface area contributed by atoms with Crippen LogP contribution in [0.25, 0.3) is 0 Å². The van der Waals surface area contributed by atoms with Crippen LogP contribution in [0.2, 0.25) is 10.0 Å². The van der Waals surface area contributed by atoms with Gasteiger partial charge in [-0.2, -0.15) is 13.2 Å². The van der Waals surface area contributed by atoms with Crippen LogP contribution < -0.4 is 4.72 Å². The number of rotatable bonds is 4. The van der Waals surface area contributed by atoms with E-state index in [2.05, 4.69) is 0 Å². The second-order valence-electron chi connectivity index (χ2n) is 4.70. The van der Waals surface area contributed by atoms with Crippen LogP contribution >= 0.6 is 23.2 Å². The summed E-state index contributed by atoms with van der Waals surface area (Å²) in [5.74, 6) is -0.958. The Balaban J connectivity index is 2.25. The van der Waals surface area contributed by atoms with Gasteiger partial charge in [-0.25, -0.2) is 17.5 Å². The van der Waals surface area contributed by atoms with E-state index in [1.807, 2.05) is 4.72 Å². The first-order valence-electron chi connectivity index (χ1n) is 6.31. The number of halogens is 6. The van der Waals surface area contributed by atoms with Gasteiger partial charge in [0.05, 0.1) is 20.5 Å². The van der Waals surface area contributed by atoms with Gasteiger partial charge in [0.1, 0.15) is 5.82 Å². The monoisotopic (exact) mass is 401 g/mol. The molecular weight excluding hydrogens is 393 g/mol. The SMILES string of the molecule is O=S(=O)(NCc1cc(C(F)(F)F)ccc1F)c1ccc(Cl)c(Cl)c1. The number of benzene rings is 2. The van der Waals surface area contributed by atoms with E-state index >= 15 is 0 Å². The maximum Gasteiger partial charge on any atom is 0.416 e. The van der Waals surface area contributed by atoms with E-state index in [-0.39, 0.29) is 14.9 Å². The molecule has 0 aromatic heterocycles. The lowest BCUT2D eigenvalue weighted by molar-refractivity contribution is -0.137. The van der Waals surface area contributed by atoms with Crippen LogP contribution in [0, 0.1) is 5.82 Å². The molecule has 0 unspecified atom stereocenters. The third kappa shape index (κ3) is 4.38. The summed E-state index contributed by atoms with van der Waals surface area (Å²) in [4.78, 5) is -0.246. The molecule has 0 spiro atoms. The molecule has 0 saturated carbocycles. The molecule has 0 atom stereocenters. The second kappa shape index (κ2) is 6.87. The van der Waals surface area contributed by atoms with Crippen LogP contribution in [0.3, 0.4) is 0 Å². The molecule has 24 heavy (non-hydrogen) atoms. The molecule has 0 heterocycles. The summed E-state index contributed by atoms with van der Waals surface area (Å²) in [6.45, 7) is -0.654. The summed E-state index contributed by atoms with van der Waals surface area (Å²) in [7, 11) is -4.10. The van der Waals surface area contributed by atoms with Gasteiger partial charge in [0, 0.05) is 12.1 Å². The van der Waals surface area contributed by atoms with Crippen LogP contribution in [-0.4, -0.2) is 8.42 Å². The minimum Gasteiger partial charge on any atom is -0.207 e. The number of sulfonamides is 1. The van der Waals surface area contributed by atoms with E-state index in [0.29, 0.717) is 18.2 Å². The molecule has 3 nitrogen and oxygen atoms in total. The summed E-state index contributed by atoms with van der Waals surface area (Å²) < 4.78 is 77.7. The van der Waals surface area contributed by atoms with Crippen molar-refractivity contribution in [1.29, 1.82) is 0 Å². The predicted octanol–water partition coefficient (Wildman–Crippen LogP) is 4.63. The zero-order valence-electron chi connectivity index (χ0n) is 11.7. The minimum absolute atomic E-state index is 0.00945. The Hall–Kier alpha value is -1.35. The number of hydrogen-bond acceptors (Lipinski definition) is 2. The minimum atomic E-state index is -4.66. The molecule has 2 aromatic rings. The number of alkyl halides is 3. The Bertz CT molecular complexity index is 870. The van der Waals surface area contributed by atoms with Crippen molar-refractivity contribution in [2.75, 3.05) is 0 Å². The molecule has 0 saturated heterocycles. The van der Waals surface area contributed by atoms with Crippen molar-refractivity contribution in [2.24, 2.45) is 0 Å². The molecule has 0 aliphatic carbocycles. The van der Waals surface area contributed by atoms with Crippen molar-refractivity contribution in [1.82, 2.24) is 4.72 Å². The molecule has 0 aliphatic heterocycles. The van der Waals surface area contributed by atoms with Gasteiger partial charge in [-0.15, -0.1) is 0 Å². The highest BCUT2D eigenvalue weighted by Crippen LogP contribution is 2.30. The lowest BCUT2D eigenvalue weighted by Crippen LogP contribution is -2.24. The Morgan fingerprint density at radius 3 is 2.25 bits per heavy atom. The van der Waals surface area contributed by atoms with Crippen LogP contribution in [0.15, 0.2) is 41.3 Å². The van der Waals surface area contributed by atoms with Crippen molar-refractivity contribution < 1.29 is 26.0 Å². The van der Waals surface area contributed by atoms with Gasteiger partial charge in [0.25, 0.3) is 0 Å². The third-order valence-electron chi connectivity index (χ3n) is 3.03. The molecule has 2 rings (SSSR count). The van der Waals surface area contributed by atoms with Gasteiger partial charge in [0.15, 0.2) is 0 Å². The maximum absolute atomic E-state index is 13.6. The molecular formula is C14H9Cl2F4NO2S. The van der Waals surface area contributed by atoms with Crippen LogP contribution in [0.4, 0.5) is 17.6 Å². The van der Waals surface area contributed by atoms with Crippen molar-refractivity contribution in [3.63, 3.8) is 0 Å². The largest absolute Gasteiger partial charge is 0.416 e. The molecule has 0 radical (unpaired) electrons. The van der Waals surface area contributed by atoms with Crippen molar-refractivity contribution in [3.8, 4) is 0 Å². The van der Waals surface area contributed by atoms with Crippen LogP contribution in [-0.2, 0) is 22.7 Å². The second-order valence-corrected chi connectivity index (χ2v) is 7.29. The molecule has 0 aliphatic rings. The van der Waals surface area contributed by atoms with Gasteiger partial charge in [0.2, 0.25) is 10.0 Å². The predicted molar refractivity (Wildman–Crippen MR) is 81.9 cm³/mol. The summed E-state index contributed by atoms with van der Waals surface area (Å²) >= 11 is 11.4. The standard InChI is InChI=1S/C14H9Cl2F4NO2S/c15-11-3-2-10(6-12(11)16)24(22,23)21-7-8-5-9(14(18,19)20)1-4-13(8)17/h1-6,21H,7H2. The smallest absolute Gasteiger partial charge is 0.207 e.